The molecule has 5 saturated heterocycles. The van der Waals surface area contributed by atoms with E-state index in [1.807, 2.05) is 0 Å². The molecule has 24 unspecified atom stereocenters. The van der Waals surface area contributed by atoms with Crippen LogP contribution in [0, 0.1) is 47.3 Å². The summed E-state index contributed by atoms with van der Waals surface area (Å²) in [4.78, 5) is 0. The molecule has 5 heterocycles. The van der Waals surface area contributed by atoms with Gasteiger partial charge in [0.05, 0.1) is 135 Å². The highest BCUT2D eigenvalue weighted by Crippen LogP contribution is 2.54. The van der Waals surface area contributed by atoms with Crippen molar-refractivity contribution < 1.29 is 0 Å². The standard InChI is InChI=1S/C32H40Cl16N8/c33-9-1-2(10(34)18(42)17(9)41)26-49-25(1)53-27-3-4(12(36)20(44)19(43)11(3)35)29(50-27)55-31-7-8(16(40)24(48)23(47)15(7)39)32(52-31)56-30-6-5(28(51-30)54-26)13(37)21(45)22(46)14(6)38/h1-32,49-56H. The van der Waals surface area contributed by atoms with E-state index in [-0.39, 0.29) is 47.3 Å². The maximum Gasteiger partial charge on any atom is 0.0681 e. The zero-order chi connectivity index (χ0) is 40.1. The Hall–Kier alpha value is 4.32. The highest BCUT2D eigenvalue weighted by Gasteiger charge is 2.66. The van der Waals surface area contributed by atoms with Crippen LogP contribution in [0.3, 0.4) is 0 Å². The summed E-state index contributed by atoms with van der Waals surface area (Å²) in [6, 6.07) is 0. The minimum Gasteiger partial charge on any atom is -0.286 e. The normalized spacial score (nSPS) is 66.0. The van der Waals surface area contributed by atoms with E-state index < -0.39 is 135 Å². The third kappa shape index (κ3) is 7.10. The molecule has 320 valence electrons. The lowest BCUT2D eigenvalue weighted by Gasteiger charge is -2.46. The second kappa shape index (κ2) is 17.2. The molecule has 0 amide bonds. The van der Waals surface area contributed by atoms with E-state index in [1.165, 1.54) is 0 Å². The molecule has 5 aliphatic heterocycles. The Balaban J connectivity index is 1.15. The summed E-state index contributed by atoms with van der Waals surface area (Å²) >= 11 is 113. The first-order valence-corrected chi connectivity index (χ1v) is 25.8. The van der Waals surface area contributed by atoms with E-state index in [2.05, 4.69) is 42.5 Å². The monoisotopic (exact) mass is 1100 g/mol. The Morgan fingerprint density at radius 3 is 0.321 bits per heavy atom. The molecular weight excluding hydrogens is 1060 g/mol. The lowest BCUT2D eigenvalue weighted by Crippen LogP contribution is -2.62. The Labute approximate surface area is 406 Å². The molecule has 8 bridgehead atoms. The Morgan fingerprint density at radius 1 is 0.143 bits per heavy atom. The number of fused-ring (bicyclic) bond motifs is 20. The fourth-order valence-electron chi connectivity index (χ4n) is 11.8. The molecule has 24 atom stereocenters. The lowest BCUT2D eigenvalue weighted by molar-refractivity contribution is 0.181. The first-order chi connectivity index (χ1) is 26.4. The Kier molecular flexibility index (Phi) is 14.0. The van der Waals surface area contributed by atoms with E-state index in [4.69, 9.17) is 186 Å². The van der Waals surface area contributed by atoms with Crippen LogP contribution < -0.4 is 42.5 Å². The summed E-state index contributed by atoms with van der Waals surface area (Å²) in [6.07, 6.45) is -3.49. The van der Waals surface area contributed by atoms with Crippen molar-refractivity contribution in [3.05, 3.63) is 0 Å². The predicted molar refractivity (Wildman–Crippen MR) is 238 cm³/mol. The quantitative estimate of drug-likeness (QED) is 0.139. The van der Waals surface area contributed by atoms with Crippen molar-refractivity contribution in [1.29, 1.82) is 0 Å². The highest BCUT2D eigenvalue weighted by atomic mass is 35.5. The van der Waals surface area contributed by atoms with Crippen LogP contribution in [0.4, 0.5) is 0 Å². The average molecular weight is 1100 g/mol. The van der Waals surface area contributed by atoms with Gasteiger partial charge in [-0.1, -0.05) is 0 Å². The van der Waals surface area contributed by atoms with Gasteiger partial charge >= 0.3 is 0 Å². The summed E-state index contributed by atoms with van der Waals surface area (Å²) in [5.41, 5.74) is 0. The van der Waals surface area contributed by atoms with Gasteiger partial charge in [-0.15, -0.1) is 186 Å². The summed E-state index contributed by atoms with van der Waals surface area (Å²) in [5, 5.41) is 21.0. The molecule has 24 heteroatoms. The van der Waals surface area contributed by atoms with Crippen molar-refractivity contribution in [2.45, 2.75) is 135 Å². The second-order valence-corrected chi connectivity index (χ2v) is 24.9. The van der Waals surface area contributed by atoms with Crippen LogP contribution in [-0.4, -0.2) is 135 Å². The van der Waals surface area contributed by atoms with Crippen molar-refractivity contribution >= 4 is 186 Å². The van der Waals surface area contributed by atoms with Gasteiger partial charge in [0.15, 0.2) is 0 Å². The smallest absolute Gasteiger partial charge is 0.0681 e. The van der Waals surface area contributed by atoms with Gasteiger partial charge in [-0.05, 0) is 0 Å². The molecule has 56 heavy (non-hydrogen) atoms. The van der Waals surface area contributed by atoms with Crippen molar-refractivity contribution in [3.63, 3.8) is 0 Å². The zero-order valence-corrected chi connectivity index (χ0v) is 40.6. The van der Waals surface area contributed by atoms with Crippen molar-refractivity contribution in [2.75, 3.05) is 0 Å². The van der Waals surface area contributed by atoms with Crippen LogP contribution >= 0.6 is 186 Å². The molecule has 0 radical (unpaired) electrons. The molecular formula is C32H40Cl16N8. The fourth-order valence-corrected chi connectivity index (χ4v) is 18.7. The van der Waals surface area contributed by atoms with Gasteiger partial charge in [0.2, 0.25) is 0 Å². The average Bonchev–Trinajstić information content (AvgIpc) is 3.92. The van der Waals surface area contributed by atoms with E-state index in [1.54, 1.807) is 0 Å². The predicted octanol–water partition coefficient (Wildman–Crippen LogP) is 6.08. The Morgan fingerprint density at radius 2 is 0.232 bits per heavy atom. The number of halogens is 16. The molecule has 4 aliphatic carbocycles. The van der Waals surface area contributed by atoms with Crippen LogP contribution in [-0.2, 0) is 0 Å². The van der Waals surface area contributed by atoms with Crippen LogP contribution in [0.1, 0.15) is 0 Å². The van der Waals surface area contributed by atoms with Crippen LogP contribution in [0.2, 0.25) is 0 Å². The number of nitrogens with one attached hydrogen (secondary N) is 8. The summed E-state index contributed by atoms with van der Waals surface area (Å²) in [6.45, 7) is 0. The van der Waals surface area contributed by atoms with Crippen LogP contribution in [0.5, 0.6) is 0 Å². The minimum absolute atomic E-state index is 0.297. The number of hydrogen-bond donors (Lipinski definition) is 8. The topological polar surface area (TPSA) is 96.2 Å². The van der Waals surface area contributed by atoms with Gasteiger partial charge in [-0.25, -0.2) is 0 Å². The molecule has 9 aliphatic rings. The molecule has 8 nitrogen and oxygen atoms in total. The molecule has 0 aromatic rings. The molecule has 0 aromatic carbocycles. The third-order valence-corrected chi connectivity index (χ3v) is 24.7. The Bertz CT molecular complexity index is 1170. The molecule has 9 rings (SSSR count). The van der Waals surface area contributed by atoms with E-state index >= 15 is 0 Å². The van der Waals surface area contributed by atoms with Gasteiger partial charge in [-0.3, -0.25) is 42.5 Å². The number of rotatable bonds is 0. The second-order valence-electron chi connectivity index (χ2n) is 16.9. The lowest BCUT2D eigenvalue weighted by atomic mass is 9.75. The van der Waals surface area contributed by atoms with Crippen molar-refractivity contribution in [2.24, 2.45) is 47.3 Å². The first kappa shape index (κ1) is 45.5. The maximum absolute atomic E-state index is 7.25. The summed E-state index contributed by atoms with van der Waals surface area (Å²) in [5.74, 6) is -2.37. The highest BCUT2D eigenvalue weighted by molar-refractivity contribution is 6.41. The van der Waals surface area contributed by atoms with E-state index in [0.29, 0.717) is 0 Å². The van der Waals surface area contributed by atoms with Crippen LogP contribution in [0.25, 0.3) is 0 Å². The minimum atomic E-state index is -0.618. The van der Waals surface area contributed by atoms with Crippen molar-refractivity contribution in [3.8, 4) is 0 Å². The number of hydrogen-bond acceptors (Lipinski definition) is 8. The van der Waals surface area contributed by atoms with Gasteiger partial charge in [0.1, 0.15) is 0 Å². The van der Waals surface area contributed by atoms with E-state index in [9.17, 15) is 0 Å². The molecule has 9 fully saturated rings. The zero-order valence-electron chi connectivity index (χ0n) is 28.5. The van der Waals surface area contributed by atoms with Gasteiger partial charge in [0.25, 0.3) is 0 Å². The van der Waals surface area contributed by atoms with Gasteiger partial charge in [-0.2, -0.15) is 0 Å². The van der Waals surface area contributed by atoms with Gasteiger partial charge in [0, 0.05) is 47.3 Å². The van der Waals surface area contributed by atoms with E-state index in [0.717, 1.165) is 0 Å². The first-order valence-electron chi connectivity index (χ1n) is 18.8. The summed E-state index contributed by atoms with van der Waals surface area (Å²) in [7, 11) is 0. The molecule has 0 spiro atoms. The molecule has 0 aromatic heterocycles. The van der Waals surface area contributed by atoms with Crippen LogP contribution in [0.15, 0.2) is 0 Å². The molecule has 8 N–H and O–H groups in total. The summed E-state index contributed by atoms with van der Waals surface area (Å²) < 4.78 is 0. The van der Waals surface area contributed by atoms with Gasteiger partial charge < -0.3 is 0 Å². The molecule has 4 saturated carbocycles. The fraction of sp³-hybridized carbons (Fsp3) is 1.00. The number of alkyl halides is 16. The maximum atomic E-state index is 7.25. The largest absolute Gasteiger partial charge is 0.286 e. The SMILES string of the molecule is ClC1C(Cl)C(Cl)C2C3NC(NC4NC(NC5NC(NC6NC(N3)C3C(Cl)C(Cl)C(Cl)C(Cl)C63)C3C(Cl)C(Cl)C(Cl)C(Cl)C53)C3C(Cl)C(Cl)C(Cl)C(Cl)C43)C2C1Cl. The van der Waals surface area contributed by atoms with Crippen molar-refractivity contribution in [1.82, 2.24) is 42.5 Å². The third-order valence-electron chi connectivity index (χ3n) is 14.3.